The van der Waals surface area contributed by atoms with Crippen molar-refractivity contribution in [2.45, 2.75) is 13.3 Å². The molecule has 0 radical (unpaired) electrons. The number of benzene rings is 1. The SMILES string of the molecule is Cc1ccc(CCNc2ncncc2Cl)cc1. The van der Waals surface area contributed by atoms with Crippen LogP contribution in [0, 0.1) is 6.92 Å². The molecule has 0 bridgehead atoms. The summed E-state index contributed by atoms with van der Waals surface area (Å²) in [6.45, 7) is 2.89. The molecule has 0 aliphatic heterocycles. The van der Waals surface area contributed by atoms with Gasteiger partial charge < -0.3 is 5.32 Å². The van der Waals surface area contributed by atoms with Gasteiger partial charge in [-0.25, -0.2) is 9.97 Å². The monoisotopic (exact) mass is 247 g/mol. The van der Waals surface area contributed by atoms with Gasteiger partial charge in [-0.05, 0) is 18.9 Å². The van der Waals surface area contributed by atoms with Crippen molar-refractivity contribution in [2.75, 3.05) is 11.9 Å². The fourth-order valence-corrected chi connectivity index (χ4v) is 1.69. The van der Waals surface area contributed by atoms with Gasteiger partial charge in [-0.1, -0.05) is 41.4 Å². The Morgan fingerprint density at radius 2 is 2.00 bits per heavy atom. The molecule has 0 fully saturated rings. The lowest BCUT2D eigenvalue weighted by atomic mass is 10.1. The van der Waals surface area contributed by atoms with Crippen molar-refractivity contribution in [2.24, 2.45) is 0 Å². The number of aryl methyl sites for hydroxylation is 1. The van der Waals surface area contributed by atoms with Crippen LogP contribution in [0.15, 0.2) is 36.8 Å². The predicted molar refractivity (Wildman–Crippen MR) is 70.4 cm³/mol. The number of hydrogen-bond acceptors (Lipinski definition) is 3. The standard InChI is InChI=1S/C13H14ClN3/c1-10-2-4-11(5-3-10)6-7-16-13-12(14)8-15-9-17-13/h2-5,8-9H,6-7H2,1H3,(H,15,16,17). The average Bonchev–Trinajstić information content (AvgIpc) is 2.34. The van der Waals surface area contributed by atoms with Crippen LogP contribution in [0.25, 0.3) is 0 Å². The van der Waals surface area contributed by atoms with Crippen LogP contribution < -0.4 is 5.32 Å². The van der Waals surface area contributed by atoms with Crippen LogP contribution in [0.5, 0.6) is 0 Å². The summed E-state index contributed by atoms with van der Waals surface area (Å²) in [6, 6.07) is 8.51. The van der Waals surface area contributed by atoms with Crippen LogP contribution in [0.4, 0.5) is 5.82 Å². The Morgan fingerprint density at radius 3 is 2.71 bits per heavy atom. The third-order valence-corrected chi connectivity index (χ3v) is 2.77. The molecule has 17 heavy (non-hydrogen) atoms. The van der Waals surface area contributed by atoms with E-state index < -0.39 is 0 Å². The number of anilines is 1. The van der Waals surface area contributed by atoms with Crippen molar-refractivity contribution in [3.8, 4) is 0 Å². The Kier molecular flexibility index (Phi) is 3.94. The molecular formula is C13H14ClN3. The maximum atomic E-state index is 5.94. The zero-order valence-corrected chi connectivity index (χ0v) is 10.4. The molecular weight excluding hydrogens is 234 g/mol. The highest BCUT2D eigenvalue weighted by Crippen LogP contribution is 2.15. The normalized spacial score (nSPS) is 10.2. The van der Waals surface area contributed by atoms with Gasteiger partial charge in [0.1, 0.15) is 17.2 Å². The van der Waals surface area contributed by atoms with E-state index in [1.54, 1.807) is 6.20 Å². The van der Waals surface area contributed by atoms with Gasteiger partial charge in [-0.2, -0.15) is 0 Å². The Bertz CT molecular complexity index is 482. The van der Waals surface area contributed by atoms with Gasteiger partial charge in [0.05, 0.1) is 6.20 Å². The van der Waals surface area contributed by atoms with Crippen molar-refractivity contribution in [1.29, 1.82) is 0 Å². The summed E-state index contributed by atoms with van der Waals surface area (Å²) in [4.78, 5) is 7.91. The van der Waals surface area contributed by atoms with E-state index in [1.165, 1.54) is 17.5 Å². The topological polar surface area (TPSA) is 37.8 Å². The van der Waals surface area contributed by atoms with Crippen molar-refractivity contribution in [1.82, 2.24) is 9.97 Å². The Balaban J connectivity index is 1.88. The highest BCUT2D eigenvalue weighted by molar-refractivity contribution is 6.32. The largest absolute Gasteiger partial charge is 0.368 e. The molecule has 88 valence electrons. The molecule has 1 aromatic carbocycles. The molecule has 0 unspecified atom stereocenters. The summed E-state index contributed by atoms with van der Waals surface area (Å²) in [5, 5.41) is 3.75. The number of rotatable bonds is 4. The molecule has 2 aromatic rings. The number of aromatic nitrogens is 2. The van der Waals surface area contributed by atoms with Crippen molar-refractivity contribution in [3.05, 3.63) is 52.9 Å². The van der Waals surface area contributed by atoms with Crippen molar-refractivity contribution >= 4 is 17.4 Å². The molecule has 0 saturated carbocycles. The second-order valence-corrected chi connectivity index (χ2v) is 4.29. The fourth-order valence-electron chi connectivity index (χ4n) is 1.52. The average molecular weight is 248 g/mol. The van der Waals surface area contributed by atoms with Gasteiger partial charge >= 0.3 is 0 Å². The maximum absolute atomic E-state index is 5.94. The van der Waals surface area contributed by atoms with E-state index in [9.17, 15) is 0 Å². The number of hydrogen-bond donors (Lipinski definition) is 1. The first-order chi connectivity index (χ1) is 8.25. The highest BCUT2D eigenvalue weighted by Gasteiger charge is 1.99. The molecule has 0 aliphatic rings. The molecule has 2 rings (SSSR count). The van der Waals surface area contributed by atoms with Crippen LogP contribution in [0.3, 0.4) is 0 Å². The molecule has 1 aromatic heterocycles. The van der Waals surface area contributed by atoms with Crippen molar-refractivity contribution < 1.29 is 0 Å². The summed E-state index contributed by atoms with van der Waals surface area (Å²) in [7, 11) is 0. The summed E-state index contributed by atoms with van der Waals surface area (Å²) in [5.74, 6) is 0.689. The van der Waals surface area contributed by atoms with Crippen LogP contribution in [0.2, 0.25) is 5.02 Å². The minimum Gasteiger partial charge on any atom is -0.368 e. The zero-order chi connectivity index (χ0) is 12.1. The molecule has 0 amide bonds. The molecule has 4 heteroatoms. The summed E-state index contributed by atoms with van der Waals surface area (Å²) < 4.78 is 0. The van der Waals surface area contributed by atoms with E-state index in [0.29, 0.717) is 10.8 Å². The van der Waals surface area contributed by atoms with E-state index >= 15 is 0 Å². The van der Waals surface area contributed by atoms with E-state index in [0.717, 1.165) is 13.0 Å². The van der Waals surface area contributed by atoms with E-state index in [2.05, 4.69) is 46.5 Å². The molecule has 0 spiro atoms. The minimum absolute atomic E-state index is 0.552. The lowest BCUT2D eigenvalue weighted by molar-refractivity contribution is 0.998. The Morgan fingerprint density at radius 1 is 1.24 bits per heavy atom. The van der Waals surface area contributed by atoms with Crippen LogP contribution in [-0.2, 0) is 6.42 Å². The lowest BCUT2D eigenvalue weighted by Gasteiger charge is -2.06. The quantitative estimate of drug-likeness (QED) is 0.902. The first kappa shape index (κ1) is 11.9. The van der Waals surface area contributed by atoms with Crippen LogP contribution >= 0.6 is 11.6 Å². The van der Waals surface area contributed by atoms with E-state index in [4.69, 9.17) is 11.6 Å². The summed E-state index contributed by atoms with van der Waals surface area (Å²) >= 11 is 5.94. The fraction of sp³-hybridized carbons (Fsp3) is 0.231. The van der Waals surface area contributed by atoms with Crippen LogP contribution in [-0.4, -0.2) is 16.5 Å². The minimum atomic E-state index is 0.552. The Labute approximate surface area is 106 Å². The highest BCUT2D eigenvalue weighted by atomic mass is 35.5. The smallest absolute Gasteiger partial charge is 0.148 e. The van der Waals surface area contributed by atoms with Gasteiger partial charge in [-0.15, -0.1) is 0 Å². The van der Waals surface area contributed by atoms with Crippen molar-refractivity contribution in [3.63, 3.8) is 0 Å². The zero-order valence-electron chi connectivity index (χ0n) is 9.65. The first-order valence-corrected chi connectivity index (χ1v) is 5.88. The second kappa shape index (κ2) is 5.64. The number of nitrogens with zero attached hydrogens (tertiary/aromatic N) is 2. The molecule has 3 nitrogen and oxygen atoms in total. The van der Waals surface area contributed by atoms with Gasteiger partial charge in [0, 0.05) is 6.54 Å². The maximum Gasteiger partial charge on any atom is 0.148 e. The predicted octanol–water partition coefficient (Wildman–Crippen LogP) is 3.09. The molecule has 1 N–H and O–H groups in total. The first-order valence-electron chi connectivity index (χ1n) is 5.50. The molecule has 0 atom stereocenters. The van der Waals surface area contributed by atoms with Gasteiger partial charge in [0.25, 0.3) is 0 Å². The Hall–Kier alpha value is -1.61. The third kappa shape index (κ3) is 3.43. The molecule has 1 heterocycles. The van der Waals surface area contributed by atoms with E-state index in [-0.39, 0.29) is 0 Å². The van der Waals surface area contributed by atoms with Gasteiger partial charge in [0.15, 0.2) is 0 Å². The summed E-state index contributed by atoms with van der Waals surface area (Å²) in [5.41, 5.74) is 2.58. The molecule has 0 aliphatic carbocycles. The summed E-state index contributed by atoms with van der Waals surface area (Å²) in [6.07, 6.45) is 4.02. The van der Waals surface area contributed by atoms with Crippen LogP contribution in [0.1, 0.15) is 11.1 Å². The van der Waals surface area contributed by atoms with E-state index in [1.807, 2.05) is 0 Å². The lowest BCUT2D eigenvalue weighted by Crippen LogP contribution is -2.06. The second-order valence-electron chi connectivity index (χ2n) is 3.88. The third-order valence-electron chi connectivity index (χ3n) is 2.49. The number of halogens is 1. The van der Waals surface area contributed by atoms with Gasteiger partial charge in [-0.3, -0.25) is 0 Å². The van der Waals surface area contributed by atoms with Gasteiger partial charge in [0.2, 0.25) is 0 Å². The molecule has 0 saturated heterocycles. The number of nitrogens with one attached hydrogen (secondary N) is 1.